The molecule has 0 spiro atoms. The van der Waals surface area contributed by atoms with Gasteiger partial charge in [-0.2, -0.15) is 0 Å². The van der Waals surface area contributed by atoms with Crippen LogP contribution in [0.4, 0.5) is 0 Å². The first-order valence-electron chi connectivity index (χ1n) is 6.27. The van der Waals surface area contributed by atoms with E-state index >= 15 is 0 Å². The third kappa shape index (κ3) is 3.31. The Morgan fingerprint density at radius 2 is 1.89 bits per heavy atom. The van der Waals surface area contributed by atoms with Crippen molar-refractivity contribution in [2.75, 3.05) is 0 Å². The maximum Gasteiger partial charge on any atom is 0.241 e. The summed E-state index contributed by atoms with van der Waals surface area (Å²) < 4.78 is 27.3. The molecule has 0 saturated heterocycles. The molecule has 1 aromatic carbocycles. The van der Waals surface area contributed by atoms with Crippen LogP contribution < -0.4 is 10.5 Å². The molecule has 1 rings (SSSR count). The van der Waals surface area contributed by atoms with Crippen molar-refractivity contribution in [3.8, 4) is 0 Å². The van der Waals surface area contributed by atoms with Gasteiger partial charge in [-0.3, -0.25) is 0 Å². The molecule has 18 heavy (non-hydrogen) atoms. The summed E-state index contributed by atoms with van der Waals surface area (Å²) in [5.74, 6) is 0. The number of nitrogens with one attached hydrogen (secondary N) is 1. The summed E-state index contributed by atoms with van der Waals surface area (Å²) in [7, 11) is -3.45. The van der Waals surface area contributed by atoms with E-state index in [4.69, 9.17) is 5.73 Å². The Hall–Kier alpha value is -0.910. The van der Waals surface area contributed by atoms with Crippen molar-refractivity contribution in [2.24, 2.45) is 5.73 Å². The number of hydrogen-bond donors (Lipinski definition) is 2. The maximum atomic E-state index is 12.3. The second kappa shape index (κ2) is 6.31. The van der Waals surface area contributed by atoms with E-state index in [1.54, 1.807) is 19.1 Å². The minimum Gasteiger partial charge on any atom is -0.326 e. The molecule has 0 aliphatic heterocycles. The standard InChI is InChI=1S/C13H22N2O2S/c1-4-12(5-2)15-18(16,17)13-8-6-7-11(9-14)10(13)3/h6-8,12,15H,4-5,9,14H2,1-3H3. The summed E-state index contributed by atoms with van der Waals surface area (Å²) in [6.07, 6.45) is 1.57. The molecule has 0 bridgehead atoms. The first-order chi connectivity index (χ1) is 8.46. The molecule has 3 N–H and O–H groups in total. The number of nitrogens with two attached hydrogens (primary N) is 1. The molecule has 0 unspecified atom stereocenters. The van der Waals surface area contributed by atoms with E-state index in [0.717, 1.165) is 24.0 Å². The van der Waals surface area contributed by atoms with Gasteiger partial charge in [-0.15, -0.1) is 0 Å². The zero-order valence-corrected chi connectivity index (χ0v) is 12.0. The van der Waals surface area contributed by atoms with Crippen LogP contribution in [0.3, 0.4) is 0 Å². The molecular formula is C13H22N2O2S. The first-order valence-corrected chi connectivity index (χ1v) is 7.75. The summed E-state index contributed by atoms with van der Waals surface area (Å²) in [6.45, 7) is 6.09. The van der Waals surface area contributed by atoms with Crippen LogP contribution in [-0.4, -0.2) is 14.5 Å². The van der Waals surface area contributed by atoms with Crippen LogP contribution in [0.15, 0.2) is 23.1 Å². The average molecular weight is 270 g/mol. The smallest absolute Gasteiger partial charge is 0.241 e. The summed E-state index contributed by atoms with van der Waals surface area (Å²) in [4.78, 5) is 0.331. The van der Waals surface area contributed by atoms with Crippen molar-refractivity contribution < 1.29 is 8.42 Å². The van der Waals surface area contributed by atoms with Crippen LogP contribution in [0.25, 0.3) is 0 Å². The van der Waals surface area contributed by atoms with Crippen LogP contribution in [0.2, 0.25) is 0 Å². The molecule has 102 valence electrons. The third-order valence-electron chi connectivity index (χ3n) is 3.21. The summed E-state index contributed by atoms with van der Waals surface area (Å²) in [5, 5.41) is 0. The molecule has 0 amide bonds. The maximum absolute atomic E-state index is 12.3. The zero-order valence-electron chi connectivity index (χ0n) is 11.2. The normalized spacial score (nSPS) is 12.1. The lowest BCUT2D eigenvalue weighted by atomic mass is 10.1. The molecule has 0 radical (unpaired) electrons. The molecule has 0 atom stereocenters. The van der Waals surface area contributed by atoms with Gasteiger partial charge >= 0.3 is 0 Å². The van der Waals surface area contributed by atoms with Crippen molar-refractivity contribution in [3.05, 3.63) is 29.3 Å². The predicted molar refractivity (Wildman–Crippen MR) is 73.8 cm³/mol. The van der Waals surface area contributed by atoms with Gasteiger partial charge in [0.2, 0.25) is 10.0 Å². The van der Waals surface area contributed by atoms with E-state index in [2.05, 4.69) is 4.72 Å². The minimum atomic E-state index is -3.45. The quantitative estimate of drug-likeness (QED) is 0.829. The molecule has 0 aliphatic rings. The fourth-order valence-corrected chi connectivity index (χ4v) is 3.60. The highest BCUT2D eigenvalue weighted by molar-refractivity contribution is 7.89. The van der Waals surface area contributed by atoms with E-state index in [1.807, 2.05) is 19.9 Å². The van der Waals surface area contributed by atoms with E-state index in [-0.39, 0.29) is 6.04 Å². The molecule has 0 saturated carbocycles. The lowest BCUT2D eigenvalue weighted by Crippen LogP contribution is -2.34. The number of sulfonamides is 1. The van der Waals surface area contributed by atoms with Gasteiger partial charge in [0, 0.05) is 12.6 Å². The van der Waals surface area contributed by atoms with Crippen molar-refractivity contribution in [1.82, 2.24) is 4.72 Å². The van der Waals surface area contributed by atoms with Gasteiger partial charge in [-0.05, 0) is 37.0 Å². The van der Waals surface area contributed by atoms with Gasteiger partial charge in [0.1, 0.15) is 0 Å². The summed E-state index contributed by atoms with van der Waals surface area (Å²) in [6, 6.07) is 5.19. The van der Waals surface area contributed by atoms with Crippen LogP contribution >= 0.6 is 0 Å². The molecule has 1 aromatic rings. The fraction of sp³-hybridized carbons (Fsp3) is 0.538. The molecule has 0 heterocycles. The lowest BCUT2D eigenvalue weighted by molar-refractivity contribution is 0.529. The van der Waals surface area contributed by atoms with E-state index in [9.17, 15) is 8.42 Å². The van der Waals surface area contributed by atoms with Crippen LogP contribution in [0.1, 0.15) is 37.8 Å². The van der Waals surface area contributed by atoms with Gasteiger partial charge in [0.25, 0.3) is 0 Å². The SMILES string of the molecule is CCC(CC)NS(=O)(=O)c1cccc(CN)c1C. The Morgan fingerprint density at radius 3 is 2.39 bits per heavy atom. The largest absolute Gasteiger partial charge is 0.326 e. The van der Waals surface area contributed by atoms with Crippen molar-refractivity contribution >= 4 is 10.0 Å². The highest BCUT2D eigenvalue weighted by atomic mass is 32.2. The minimum absolute atomic E-state index is 0.0177. The highest BCUT2D eigenvalue weighted by Gasteiger charge is 2.20. The van der Waals surface area contributed by atoms with Crippen LogP contribution in [0, 0.1) is 6.92 Å². The molecule has 0 aromatic heterocycles. The fourth-order valence-electron chi connectivity index (χ4n) is 1.91. The molecule has 4 nitrogen and oxygen atoms in total. The summed E-state index contributed by atoms with van der Waals surface area (Å²) in [5.41, 5.74) is 7.20. The lowest BCUT2D eigenvalue weighted by Gasteiger charge is -2.17. The van der Waals surface area contributed by atoms with Gasteiger partial charge in [-0.1, -0.05) is 26.0 Å². The van der Waals surface area contributed by atoms with Crippen LogP contribution in [0.5, 0.6) is 0 Å². The van der Waals surface area contributed by atoms with Crippen molar-refractivity contribution in [1.29, 1.82) is 0 Å². The van der Waals surface area contributed by atoms with Crippen LogP contribution in [-0.2, 0) is 16.6 Å². The Kier molecular flexibility index (Phi) is 5.31. The molecule has 5 heteroatoms. The molecule has 0 aliphatic carbocycles. The van der Waals surface area contributed by atoms with E-state index < -0.39 is 10.0 Å². The second-order valence-corrected chi connectivity index (χ2v) is 6.06. The number of benzene rings is 1. The average Bonchev–Trinajstić information content (AvgIpc) is 2.36. The van der Waals surface area contributed by atoms with E-state index in [1.165, 1.54) is 0 Å². The monoisotopic (exact) mass is 270 g/mol. The van der Waals surface area contributed by atoms with Gasteiger partial charge in [-0.25, -0.2) is 13.1 Å². The zero-order chi connectivity index (χ0) is 13.8. The summed E-state index contributed by atoms with van der Waals surface area (Å²) >= 11 is 0. The first kappa shape index (κ1) is 15.1. The Bertz CT molecular complexity index is 494. The Labute approximate surface area is 110 Å². The Balaban J connectivity index is 3.13. The third-order valence-corrected chi connectivity index (χ3v) is 4.88. The Morgan fingerprint density at radius 1 is 1.28 bits per heavy atom. The van der Waals surface area contributed by atoms with Crippen molar-refractivity contribution in [2.45, 2.75) is 51.1 Å². The van der Waals surface area contributed by atoms with Gasteiger partial charge in [0.05, 0.1) is 4.90 Å². The molecular weight excluding hydrogens is 248 g/mol. The van der Waals surface area contributed by atoms with Gasteiger partial charge in [0.15, 0.2) is 0 Å². The van der Waals surface area contributed by atoms with Gasteiger partial charge < -0.3 is 5.73 Å². The molecule has 0 fully saturated rings. The van der Waals surface area contributed by atoms with E-state index in [0.29, 0.717) is 11.4 Å². The highest BCUT2D eigenvalue weighted by Crippen LogP contribution is 2.19. The number of rotatable bonds is 6. The predicted octanol–water partition coefficient (Wildman–Crippen LogP) is 1.92. The van der Waals surface area contributed by atoms with Crippen molar-refractivity contribution in [3.63, 3.8) is 0 Å². The number of hydrogen-bond acceptors (Lipinski definition) is 3. The topological polar surface area (TPSA) is 72.2 Å². The second-order valence-electron chi connectivity index (χ2n) is 4.38.